The van der Waals surface area contributed by atoms with Crippen molar-refractivity contribution >= 4 is 47.1 Å². The second-order valence-corrected chi connectivity index (χ2v) is 9.08. The fraction of sp³-hybridized carbons (Fsp3) is 0.120. The molecule has 11 heteroatoms. The van der Waals surface area contributed by atoms with Crippen LogP contribution in [0.25, 0.3) is 0 Å². The Morgan fingerprint density at radius 2 is 1.86 bits per heavy atom. The normalized spacial score (nSPS) is 10.9. The number of nitrogen functional groups attached to an aromatic ring is 1. The summed E-state index contributed by atoms with van der Waals surface area (Å²) in [6.45, 7) is 2.38. The highest BCUT2D eigenvalue weighted by molar-refractivity contribution is 7.99. The number of para-hydroxylation sites is 1. The maximum atomic E-state index is 12.2. The number of thioether (sulfide) groups is 1. The van der Waals surface area contributed by atoms with Crippen LogP contribution in [0.1, 0.15) is 16.7 Å². The fourth-order valence-corrected chi connectivity index (χ4v) is 3.82. The van der Waals surface area contributed by atoms with Gasteiger partial charge >= 0.3 is 0 Å². The second kappa shape index (κ2) is 12.1. The van der Waals surface area contributed by atoms with E-state index in [1.54, 1.807) is 6.21 Å². The molecular formula is C25H24ClN7O2S. The Balaban J connectivity index is 1.30. The summed E-state index contributed by atoms with van der Waals surface area (Å²) in [6, 6.07) is 22.6. The predicted octanol–water partition coefficient (Wildman–Crippen LogP) is 4.71. The average molecular weight is 522 g/mol. The molecule has 1 aromatic heterocycles. The molecule has 4 N–H and O–H groups in total. The zero-order valence-corrected chi connectivity index (χ0v) is 21.0. The van der Waals surface area contributed by atoms with Crippen molar-refractivity contribution in [2.45, 2.75) is 18.7 Å². The van der Waals surface area contributed by atoms with E-state index in [1.807, 2.05) is 79.7 Å². The van der Waals surface area contributed by atoms with E-state index in [1.165, 1.54) is 16.4 Å². The van der Waals surface area contributed by atoms with Gasteiger partial charge in [0.2, 0.25) is 11.1 Å². The number of hydrogen-bond donors (Lipinski definition) is 3. The van der Waals surface area contributed by atoms with Crippen molar-refractivity contribution in [2.24, 2.45) is 5.10 Å². The number of aromatic nitrogens is 3. The summed E-state index contributed by atoms with van der Waals surface area (Å²) in [6.07, 6.45) is 1.60. The van der Waals surface area contributed by atoms with E-state index < -0.39 is 0 Å². The minimum atomic E-state index is -0.172. The van der Waals surface area contributed by atoms with Crippen LogP contribution in [0.15, 0.2) is 83.1 Å². The molecule has 0 aliphatic carbocycles. The molecule has 0 atom stereocenters. The summed E-state index contributed by atoms with van der Waals surface area (Å²) in [5.74, 6) is 6.92. The summed E-state index contributed by atoms with van der Waals surface area (Å²) >= 11 is 7.10. The van der Waals surface area contributed by atoms with E-state index in [4.69, 9.17) is 22.2 Å². The minimum Gasteiger partial charge on any atom is -0.488 e. The average Bonchev–Trinajstić information content (AvgIpc) is 3.23. The fourth-order valence-electron chi connectivity index (χ4n) is 3.04. The molecule has 36 heavy (non-hydrogen) atoms. The maximum absolute atomic E-state index is 12.2. The topological polar surface area (TPSA) is 119 Å². The van der Waals surface area contributed by atoms with Gasteiger partial charge in [-0.3, -0.25) is 4.79 Å². The number of benzene rings is 3. The van der Waals surface area contributed by atoms with E-state index in [-0.39, 0.29) is 17.6 Å². The molecule has 4 rings (SSSR count). The molecule has 0 aliphatic rings. The highest BCUT2D eigenvalue weighted by atomic mass is 35.5. The Morgan fingerprint density at radius 1 is 1.11 bits per heavy atom. The zero-order chi connectivity index (χ0) is 25.3. The van der Waals surface area contributed by atoms with Gasteiger partial charge in [0, 0.05) is 16.3 Å². The van der Waals surface area contributed by atoms with Crippen molar-refractivity contribution in [1.29, 1.82) is 0 Å². The van der Waals surface area contributed by atoms with Crippen LogP contribution in [0, 0.1) is 6.92 Å². The van der Waals surface area contributed by atoms with Crippen molar-refractivity contribution in [3.05, 3.63) is 94.5 Å². The lowest BCUT2D eigenvalue weighted by molar-refractivity contribution is -0.113. The third-order valence-electron chi connectivity index (χ3n) is 4.93. The van der Waals surface area contributed by atoms with Crippen LogP contribution in [0.3, 0.4) is 0 Å². The first-order valence-corrected chi connectivity index (χ1v) is 12.3. The summed E-state index contributed by atoms with van der Waals surface area (Å²) in [5, 5.41) is 16.1. The van der Waals surface area contributed by atoms with Crippen LogP contribution in [0.5, 0.6) is 5.75 Å². The Hall–Kier alpha value is -4.02. The first kappa shape index (κ1) is 25.1. The van der Waals surface area contributed by atoms with Gasteiger partial charge in [-0.25, -0.2) is 10.1 Å². The van der Waals surface area contributed by atoms with Crippen molar-refractivity contribution in [1.82, 2.24) is 14.9 Å². The van der Waals surface area contributed by atoms with Crippen LogP contribution < -0.4 is 21.3 Å². The van der Waals surface area contributed by atoms with Gasteiger partial charge in [-0.1, -0.05) is 65.3 Å². The molecule has 0 saturated heterocycles. The molecule has 0 saturated carbocycles. The van der Waals surface area contributed by atoms with E-state index in [0.29, 0.717) is 22.5 Å². The van der Waals surface area contributed by atoms with Crippen LogP contribution in [-0.4, -0.2) is 32.7 Å². The first-order chi connectivity index (χ1) is 17.5. The number of amides is 1. The van der Waals surface area contributed by atoms with Crippen LogP contribution in [-0.2, 0) is 11.4 Å². The molecule has 0 spiro atoms. The third-order valence-corrected chi connectivity index (χ3v) is 6.12. The molecule has 9 nitrogen and oxygen atoms in total. The van der Waals surface area contributed by atoms with Gasteiger partial charge in [-0.2, -0.15) is 5.10 Å². The maximum Gasteiger partial charge on any atom is 0.264 e. The number of hydrogen-bond acceptors (Lipinski definition) is 8. The smallest absolute Gasteiger partial charge is 0.264 e. The summed E-state index contributed by atoms with van der Waals surface area (Å²) in [5.41, 5.74) is 6.39. The van der Waals surface area contributed by atoms with Gasteiger partial charge in [0.1, 0.15) is 12.4 Å². The number of rotatable bonds is 10. The number of carbonyl (C=O) groups excluding carboxylic acids is 1. The monoisotopic (exact) mass is 521 g/mol. The van der Waals surface area contributed by atoms with Gasteiger partial charge in [0.05, 0.1) is 12.0 Å². The number of aryl methyl sites for hydroxylation is 1. The van der Waals surface area contributed by atoms with Crippen LogP contribution >= 0.6 is 23.4 Å². The van der Waals surface area contributed by atoms with Gasteiger partial charge in [0.15, 0.2) is 0 Å². The number of ether oxygens (including phenoxy) is 1. The molecule has 1 amide bonds. The zero-order valence-electron chi connectivity index (χ0n) is 19.4. The molecule has 0 bridgehead atoms. The molecular weight excluding hydrogens is 498 g/mol. The molecule has 0 fully saturated rings. The molecule has 4 aromatic rings. The summed E-state index contributed by atoms with van der Waals surface area (Å²) in [4.78, 5) is 12.2. The number of nitrogens with two attached hydrogens (primary N) is 1. The second-order valence-electron chi connectivity index (χ2n) is 7.70. The molecule has 0 aliphatic heterocycles. The lowest BCUT2D eigenvalue weighted by Gasteiger charge is -2.09. The number of nitrogens with one attached hydrogen (secondary N) is 2. The van der Waals surface area contributed by atoms with Gasteiger partial charge in [-0.05, 0) is 48.9 Å². The van der Waals surface area contributed by atoms with Crippen molar-refractivity contribution in [2.75, 3.05) is 22.3 Å². The van der Waals surface area contributed by atoms with E-state index in [9.17, 15) is 4.79 Å². The van der Waals surface area contributed by atoms with E-state index in [0.717, 1.165) is 22.4 Å². The Bertz CT molecular complexity index is 1340. The number of nitrogens with zero attached hydrogens (tertiary/aromatic N) is 4. The molecule has 184 valence electrons. The highest BCUT2D eigenvalue weighted by Crippen LogP contribution is 2.20. The molecule has 3 aromatic carbocycles. The first-order valence-electron chi connectivity index (χ1n) is 10.9. The summed E-state index contributed by atoms with van der Waals surface area (Å²) < 4.78 is 7.18. The lowest BCUT2D eigenvalue weighted by Crippen LogP contribution is -2.16. The Morgan fingerprint density at radius 3 is 2.64 bits per heavy atom. The Labute approximate surface area is 217 Å². The molecule has 0 unspecified atom stereocenters. The quantitative estimate of drug-likeness (QED) is 0.120. The van der Waals surface area contributed by atoms with E-state index in [2.05, 4.69) is 26.0 Å². The van der Waals surface area contributed by atoms with Crippen LogP contribution in [0.2, 0.25) is 5.02 Å². The Kier molecular flexibility index (Phi) is 8.43. The summed E-state index contributed by atoms with van der Waals surface area (Å²) in [7, 11) is 0. The van der Waals surface area contributed by atoms with Crippen molar-refractivity contribution in [3.63, 3.8) is 0 Å². The van der Waals surface area contributed by atoms with Crippen molar-refractivity contribution < 1.29 is 9.53 Å². The highest BCUT2D eigenvalue weighted by Gasteiger charge is 2.12. The number of halogens is 1. The van der Waals surface area contributed by atoms with Gasteiger partial charge in [0.25, 0.3) is 5.95 Å². The lowest BCUT2D eigenvalue weighted by atomic mass is 10.2. The SMILES string of the molecule is Cc1ccc(NC(=O)CSc2nnc(N/N=C/c3ccccc3OCc3ccc(Cl)cc3)n2N)cc1. The van der Waals surface area contributed by atoms with Crippen molar-refractivity contribution in [3.8, 4) is 5.75 Å². The minimum absolute atomic E-state index is 0.130. The molecule has 0 radical (unpaired) electrons. The largest absolute Gasteiger partial charge is 0.488 e. The third kappa shape index (κ3) is 7.00. The standard InChI is InChI=1S/C25H24ClN7O2S/c1-17-6-12-21(13-7-17)29-23(34)16-36-25-32-31-24(33(25)27)30-28-14-19-4-2-3-5-22(19)35-15-18-8-10-20(26)11-9-18/h2-14H,15-16,27H2,1H3,(H,29,34)(H,30,31)/b28-14+. The number of carbonyl (C=O) groups is 1. The van der Waals surface area contributed by atoms with E-state index >= 15 is 0 Å². The predicted molar refractivity (Wildman–Crippen MR) is 144 cm³/mol. The van der Waals surface area contributed by atoms with Crippen LogP contribution in [0.4, 0.5) is 11.6 Å². The van der Waals surface area contributed by atoms with Gasteiger partial charge in [-0.15, -0.1) is 10.2 Å². The number of hydrazone groups is 1. The van der Waals surface area contributed by atoms with Gasteiger partial charge < -0.3 is 15.9 Å². The molecule has 1 heterocycles. The number of anilines is 2.